The predicted molar refractivity (Wildman–Crippen MR) is 99.8 cm³/mol. The van der Waals surface area contributed by atoms with Crippen molar-refractivity contribution in [3.63, 3.8) is 0 Å². The van der Waals surface area contributed by atoms with E-state index < -0.39 is 0 Å². The monoisotopic (exact) mass is 340 g/mol. The molecule has 0 amide bonds. The van der Waals surface area contributed by atoms with Gasteiger partial charge in [-0.2, -0.15) is 0 Å². The summed E-state index contributed by atoms with van der Waals surface area (Å²) in [5.41, 5.74) is 2.41. The third-order valence-electron chi connectivity index (χ3n) is 5.37. The lowest BCUT2D eigenvalue weighted by Gasteiger charge is -2.29. The second-order valence-electron chi connectivity index (χ2n) is 6.69. The van der Waals surface area contributed by atoms with Crippen molar-refractivity contribution in [2.75, 3.05) is 6.54 Å². The number of hydrogen-bond donors (Lipinski definition) is 1. The average Bonchev–Trinajstić information content (AvgIpc) is 3.34. The summed E-state index contributed by atoms with van der Waals surface area (Å²) in [6, 6.07) is 11.5. The number of thiocarbonyl (C=S) groups is 1. The van der Waals surface area contributed by atoms with E-state index in [-0.39, 0.29) is 12.1 Å². The number of rotatable bonds is 4. The molecule has 1 saturated carbocycles. The fourth-order valence-electron chi connectivity index (χ4n) is 4.24. The van der Waals surface area contributed by atoms with Crippen molar-refractivity contribution in [2.45, 2.75) is 50.7 Å². The number of nitrogens with one attached hydrogen (secondary N) is 1. The minimum absolute atomic E-state index is 0.105. The Kier molecular flexibility index (Phi) is 4.27. The molecule has 1 aliphatic carbocycles. The van der Waals surface area contributed by atoms with Crippen LogP contribution in [0, 0.1) is 0 Å². The molecule has 126 valence electrons. The van der Waals surface area contributed by atoms with Crippen LogP contribution in [0.15, 0.2) is 42.7 Å². The largest absolute Gasteiger partial charge is 0.352 e. The Morgan fingerprint density at radius 1 is 1.21 bits per heavy atom. The van der Waals surface area contributed by atoms with Crippen molar-refractivity contribution in [2.24, 2.45) is 0 Å². The first kappa shape index (κ1) is 15.6. The third kappa shape index (κ3) is 2.61. The molecule has 1 aliphatic heterocycles. The Morgan fingerprint density at radius 3 is 2.75 bits per heavy atom. The Labute approximate surface area is 148 Å². The zero-order valence-corrected chi connectivity index (χ0v) is 14.9. The minimum atomic E-state index is 0.105. The molecule has 0 unspecified atom stereocenters. The zero-order chi connectivity index (χ0) is 16.5. The Morgan fingerprint density at radius 2 is 2.04 bits per heavy atom. The molecule has 1 saturated heterocycles. The van der Waals surface area contributed by atoms with Crippen LogP contribution in [0.2, 0.25) is 0 Å². The molecule has 24 heavy (non-hydrogen) atoms. The molecular weight excluding hydrogens is 316 g/mol. The molecule has 0 aromatic carbocycles. The molecule has 2 atom stereocenters. The van der Waals surface area contributed by atoms with Crippen molar-refractivity contribution >= 4 is 17.3 Å². The molecule has 4 rings (SSSR count). The van der Waals surface area contributed by atoms with E-state index in [4.69, 9.17) is 12.2 Å². The molecule has 0 radical (unpaired) electrons. The summed E-state index contributed by atoms with van der Waals surface area (Å²) in [6.07, 6.45) is 9.35. The molecule has 0 bridgehead atoms. The van der Waals surface area contributed by atoms with E-state index in [0.717, 1.165) is 17.4 Å². The van der Waals surface area contributed by atoms with Crippen LogP contribution in [0.5, 0.6) is 0 Å². The SMILES string of the molecule is CCN1C(=S)N[C@@H](c2ccccn2)[C@H]1c1cccn1C1CCCC1. The van der Waals surface area contributed by atoms with E-state index >= 15 is 0 Å². The number of hydrogen-bond acceptors (Lipinski definition) is 2. The first-order valence-electron chi connectivity index (χ1n) is 8.94. The van der Waals surface area contributed by atoms with Gasteiger partial charge in [-0.05, 0) is 56.2 Å². The Hall–Kier alpha value is -1.88. The summed E-state index contributed by atoms with van der Waals surface area (Å²) in [6.45, 7) is 3.07. The average molecular weight is 340 g/mol. The fourth-order valence-corrected chi connectivity index (χ4v) is 4.61. The molecule has 2 aromatic rings. The van der Waals surface area contributed by atoms with Gasteiger partial charge in [0, 0.05) is 30.7 Å². The summed E-state index contributed by atoms with van der Waals surface area (Å²) < 4.78 is 2.49. The highest BCUT2D eigenvalue weighted by molar-refractivity contribution is 7.80. The van der Waals surface area contributed by atoms with Gasteiger partial charge in [0.1, 0.15) is 0 Å². The van der Waals surface area contributed by atoms with Gasteiger partial charge in [-0.25, -0.2) is 0 Å². The minimum Gasteiger partial charge on any atom is -0.352 e. The number of nitrogens with zero attached hydrogens (tertiary/aromatic N) is 3. The molecule has 5 heteroatoms. The Bertz CT molecular complexity index is 705. The molecule has 0 spiro atoms. The highest BCUT2D eigenvalue weighted by Crippen LogP contribution is 2.41. The maximum absolute atomic E-state index is 5.62. The highest BCUT2D eigenvalue weighted by Gasteiger charge is 2.40. The van der Waals surface area contributed by atoms with E-state index in [1.165, 1.54) is 31.4 Å². The molecule has 2 aliphatic rings. The van der Waals surface area contributed by atoms with E-state index in [0.29, 0.717) is 6.04 Å². The van der Waals surface area contributed by atoms with Crippen LogP contribution in [-0.2, 0) is 0 Å². The first-order chi connectivity index (χ1) is 11.8. The van der Waals surface area contributed by atoms with Gasteiger partial charge < -0.3 is 14.8 Å². The topological polar surface area (TPSA) is 33.1 Å². The van der Waals surface area contributed by atoms with E-state index in [2.05, 4.69) is 57.2 Å². The zero-order valence-electron chi connectivity index (χ0n) is 14.1. The van der Waals surface area contributed by atoms with Crippen LogP contribution in [0.1, 0.15) is 62.1 Å². The van der Waals surface area contributed by atoms with Gasteiger partial charge in [0.2, 0.25) is 0 Å². The van der Waals surface area contributed by atoms with Crippen molar-refractivity contribution < 1.29 is 0 Å². The smallest absolute Gasteiger partial charge is 0.170 e. The van der Waals surface area contributed by atoms with Crippen molar-refractivity contribution in [1.29, 1.82) is 0 Å². The fraction of sp³-hybridized carbons (Fsp3) is 0.474. The predicted octanol–water partition coefficient (Wildman–Crippen LogP) is 3.99. The third-order valence-corrected chi connectivity index (χ3v) is 5.72. The molecule has 2 fully saturated rings. The molecule has 3 heterocycles. The van der Waals surface area contributed by atoms with Crippen LogP contribution in [0.4, 0.5) is 0 Å². The Balaban J connectivity index is 1.75. The second-order valence-corrected chi connectivity index (χ2v) is 7.08. The van der Waals surface area contributed by atoms with Crippen LogP contribution in [0.3, 0.4) is 0 Å². The van der Waals surface area contributed by atoms with Gasteiger partial charge >= 0.3 is 0 Å². The molecule has 1 N–H and O–H groups in total. The quantitative estimate of drug-likeness (QED) is 0.853. The van der Waals surface area contributed by atoms with Gasteiger partial charge in [0.05, 0.1) is 17.8 Å². The summed E-state index contributed by atoms with van der Waals surface area (Å²) >= 11 is 5.62. The summed E-state index contributed by atoms with van der Waals surface area (Å²) in [5, 5.41) is 4.34. The lowest BCUT2D eigenvalue weighted by atomic mass is 10.0. The van der Waals surface area contributed by atoms with Gasteiger partial charge in [-0.3, -0.25) is 4.98 Å². The molecule has 2 aromatic heterocycles. The number of aromatic nitrogens is 2. The van der Waals surface area contributed by atoms with E-state index in [9.17, 15) is 0 Å². The number of likely N-dealkylation sites (N-methyl/N-ethyl adjacent to an activating group) is 1. The molecule has 4 nitrogen and oxygen atoms in total. The summed E-state index contributed by atoms with van der Waals surface area (Å²) in [7, 11) is 0. The highest BCUT2D eigenvalue weighted by atomic mass is 32.1. The van der Waals surface area contributed by atoms with Crippen LogP contribution < -0.4 is 5.32 Å². The van der Waals surface area contributed by atoms with Crippen LogP contribution in [0.25, 0.3) is 0 Å². The standard InChI is InChI=1S/C19H24N4S/c1-2-22-18(16-11-7-13-23(16)14-8-3-4-9-14)17(21-19(22)24)15-10-5-6-12-20-15/h5-7,10-14,17-18H,2-4,8-9H2,1H3,(H,21,24)/t17-,18+/m0/s1. The second kappa shape index (κ2) is 6.55. The van der Waals surface area contributed by atoms with Crippen LogP contribution in [-0.4, -0.2) is 26.1 Å². The van der Waals surface area contributed by atoms with Gasteiger partial charge in [0.25, 0.3) is 0 Å². The first-order valence-corrected chi connectivity index (χ1v) is 9.35. The lowest BCUT2D eigenvalue weighted by molar-refractivity contribution is 0.307. The lowest BCUT2D eigenvalue weighted by Crippen LogP contribution is -2.30. The van der Waals surface area contributed by atoms with E-state index in [1.54, 1.807) is 0 Å². The number of pyridine rings is 1. The van der Waals surface area contributed by atoms with E-state index in [1.807, 2.05) is 12.3 Å². The maximum Gasteiger partial charge on any atom is 0.170 e. The van der Waals surface area contributed by atoms with Crippen molar-refractivity contribution in [1.82, 2.24) is 19.8 Å². The summed E-state index contributed by atoms with van der Waals surface area (Å²) in [4.78, 5) is 6.89. The van der Waals surface area contributed by atoms with Crippen LogP contribution >= 0.6 is 12.2 Å². The normalized spacial score (nSPS) is 24.5. The van der Waals surface area contributed by atoms with Crippen molar-refractivity contribution in [3.8, 4) is 0 Å². The maximum atomic E-state index is 5.62. The van der Waals surface area contributed by atoms with Crippen molar-refractivity contribution in [3.05, 3.63) is 54.1 Å². The molecular formula is C19H24N4S. The van der Waals surface area contributed by atoms with Gasteiger partial charge in [-0.1, -0.05) is 18.9 Å². The van der Waals surface area contributed by atoms with Gasteiger partial charge in [0.15, 0.2) is 5.11 Å². The summed E-state index contributed by atoms with van der Waals surface area (Å²) in [5.74, 6) is 0. The van der Waals surface area contributed by atoms with Gasteiger partial charge in [-0.15, -0.1) is 0 Å².